The van der Waals surface area contributed by atoms with E-state index in [0.29, 0.717) is 0 Å². The summed E-state index contributed by atoms with van der Waals surface area (Å²) in [4.78, 5) is 7.02. The number of piperidine rings is 1. The van der Waals surface area contributed by atoms with Crippen LogP contribution in [0.3, 0.4) is 0 Å². The Morgan fingerprint density at radius 1 is 1.33 bits per heavy atom. The van der Waals surface area contributed by atoms with Crippen molar-refractivity contribution in [1.82, 2.24) is 15.2 Å². The van der Waals surface area contributed by atoms with Crippen molar-refractivity contribution < 1.29 is 0 Å². The van der Waals surface area contributed by atoms with Gasteiger partial charge in [0.1, 0.15) is 0 Å². The molecule has 18 heavy (non-hydrogen) atoms. The quantitative estimate of drug-likeness (QED) is 0.864. The fourth-order valence-corrected chi connectivity index (χ4v) is 2.60. The average Bonchev–Trinajstić information content (AvgIpc) is 2.41. The third-order valence-electron chi connectivity index (χ3n) is 3.87. The highest BCUT2D eigenvalue weighted by Gasteiger charge is 2.18. The SMILES string of the molecule is CNCCC1CCN(Cc2ccc(C)cn2)CC1. The van der Waals surface area contributed by atoms with Gasteiger partial charge in [-0.2, -0.15) is 0 Å². The van der Waals surface area contributed by atoms with E-state index < -0.39 is 0 Å². The van der Waals surface area contributed by atoms with E-state index >= 15 is 0 Å². The molecule has 0 spiro atoms. The highest BCUT2D eigenvalue weighted by atomic mass is 15.1. The molecule has 100 valence electrons. The van der Waals surface area contributed by atoms with Crippen LogP contribution in [-0.2, 0) is 6.54 Å². The van der Waals surface area contributed by atoms with Gasteiger partial charge in [0.15, 0.2) is 0 Å². The molecule has 1 N–H and O–H groups in total. The first-order valence-electron chi connectivity index (χ1n) is 7.06. The molecular weight excluding hydrogens is 222 g/mol. The van der Waals surface area contributed by atoms with Gasteiger partial charge in [-0.05, 0) is 70.4 Å². The van der Waals surface area contributed by atoms with Crippen LogP contribution in [0.15, 0.2) is 18.3 Å². The lowest BCUT2D eigenvalue weighted by atomic mass is 9.93. The highest BCUT2D eigenvalue weighted by Crippen LogP contribution is 2.21. The number of rotatable bonds is 5. The molecule has 1 aliphatic heterocycles. The van der Waals surface area contributed by atoms with Crippen LogP contribution in [0, 0.1) is 12.8 Å². The number of likely N-dealkylation sites (tertiary alicyclic amines) is 1. The maximum atomic E-state index is 4.49. The highest BCUT2D eigenvalue weighted by molar-refractivity contribution is 5.12. The summed E-state index contributed by atoms with van der Waals surface area (Å²) >= 11 is 0. The third kappa shape index (κ3) is 4.07. The van der Waals surface area contributed by atoms with Crippen LogP contribution in [-0.4, -0.2) is 36.6 Å². The average molecular weight is 247 g/mol. The summed E-state index contributed by atoms with van der Waals surface area (Å²) in [6.07, 6.45) is 5.98. The van der Waals surface area contributed by atoms with Gasteiger partial charge in [-0.25, -0.2) is 0 Å². The number of hydrogen-bond donors (Lipinski definition) is 1. The summed E-state index contributed by atoms with van der Waals surface area (Å²) < 4.78 is 0. The van der Waals surface area contributed by atoms with E-state index in [9.17, 15) is 0 Å². The number of nitrogens with zero attached hydrogens (tertiary/aromatic N) is 2. The van der Waals surface area contributed by atoms with E-state index in [2.05, 4.69) is 34.3 Å². The minimum Gasteiger partial charge on any atom is -0.320 e. The second kappa shape index (κ2) is 6.86. The van der Waals surface area contributed by atoms with Gasteiger partial charge in [-0.1, -0.05) is 6.07 Å². The van der Waals surface area contributed by atoms with Gasteiger partial charge in [0.25, 0.3) is 0 Å². The number of hydrogen-bond acceptors (Lipinski definition) is 3. The first-order valence-corrected chi connectivity index (χ1v) is 7.06. The number of aryl methyl sites for hydroxylation is 1. The summed E-state index contributed by atoms with van der Waals surface area (Å²) in [6, 6.07) is 4.31. The largest absolute Gasteiger partial charge is 0.320 e. The molecular formula is C15H25N3. The molecule has 0 aliphatic carbocycles. The fraction of sp³-hybridized carbons (Fsp3) is 0.667. The van der Waals surface area contributed by atoms with Crippen molar-refractivity contribution in [3.63, 3.8) is 0 Å². The van der Waals surface area contributed by atoms with Gasteiger partial charge in [0.05, 0.1) is 5.69 Å². The molecule has 3 heteroatoms. The summed E-state index contributed by atoms with van der Waals surface area (Å²) in [5.41, 5.74) is 2.44. The Balaban J connectivity index is 1.74. The Morgan fingerprint density at radius 2 is 2.11 bits per heavy atom. The molecule has 1 saturated heterocycles. The zero-order valence-electron chi connectivity index (χ0n) is 11.7. The zero-order chi connectivity index (χ0) is 12.8. The van der Waals surface area contributed by atoms with Gasteiger partial charge >= 0.3 is 0 Å². The molecule has 3 nitrogen and oxygen atoms in total. The van der Waals surface area contributed by atoms with E-state index in [4.69, 9.17) is 0 Å². The summed E-state index contributed by atoms with van der Waals surface area (Å²) in [5.74, 6) is 0.916. The molecule has 0 aromatic carbocycles. The van der Waals surface area contributed by atoms with E-state index in [-0.39, 0.29) is 0 Å². The maximum Gasteiger partial charge on any atom is 0.0544 e. The first kappa shape index (κ1) is 13.5. The Kier molecular flexibility index (Phi) is 5.14. The van der Waals surface area contributed by atoms with Crippen LogP contribution in [0.1, 0.15) is 30.5 Å². The van der Waals surface area contributed by atoms with Gasteiger partial charge in [-0.3, -0.25) is 9.88 Å². The van der Waals surface area contributed by atoms with Crippen LogP contribution in [0.4, 0.5) is 0 Å². The predicted octanol–water partition coefficient (Wildman–Crippen LogP) is 2.21. The van der Waals surface area contributed by atoms with Crippen LogP contribution in [0.5, 0.6) is 0 Å². The van der Waals surface area contributed by atoms with Gasteiger partial charge in [-0.15, -0.1) is 0 Å². The Hall–Kier alpha value is -0.930. The lowest BCUT2D eigenvalue weighted by molar-refractivity contribution is 0.171. The molecule has 2 rings (SSSR count). The van der Waals surface area contributed by atoms with Gasteiger partial charge in [0, 0.05) is 12.7 Å². The maximum absolute atomic E-state index is 4.49. The fourth-order valence-electron chi connectivity index (χ4n) is 2.60. The molecule has 1 aromatic heterocycles. The monoisotopic (exact) mass is 247 g/mol. The minimum absolute atomic E-state index is 0.916. The van der Waals surface area contributed by atoms with Crippen molar-refractivity contribution in [3.8, 4) is 0 Å². The second-order valence-electron chi connectivity index (χ2n) is 5.44. The lowest BCUT2D eigenvalue weighted by Gasteiger charge is -2.31. The first-order chi connectivity index (χ1) is 8.78. The Bertz CT molecular complexity index is 339. The minimum atomic E-state index is 0.916. The zero-order valence-corrected chi connectivity index (χ0v) is 11.7. The summed E-state index contributed by atoms with van der Waals surface area (Å²) in [6.45, 7) is 6.71. The van der Waals surface area contributed by atoms with Crippen molar-refractivity contribution in [2.24, 2.45) is 5.92 Å². The van der Waals surface area contributed by atoms with Crippen molar-refractivity contribution >= 4 is 0 Å². The molecule has 0 saturated carbocycles. The van der Waals surface area contributed by atoms with Crippen molar-refractivity contribution in [1.29, 1.82) is 0 Å². The molecule has 2 heterocycles. The number of pyridine rings is 1. The number of nitrogens with one attached hydrogen (secondary N) is 1. The third-order valence-corrected chi connectivity index (χ3v) is 3.87. The molecule has 1 aliphatic rings. The smallest absolute Gasteiger partial charge is 0.0544 e. The standard InChI is InChI=1S/C15H25N3/c1-13-3-4-15(17-11-13)12-18-9-6-14(7-10-18)5-8-16-2/h3-4,11,14,16H,5-10,12H2,1-2H3. The van der Waals surface area contributed by atoms with Crippen molar-refractivity contribution in [2.45, 2.75) is 32.7 Å². The van der Waals surface area contributed by atoms with Crippen LogP contribution >= 0.6 is 0 Å². The van der Waals surface area contributed by atoms with Crippen LogP contribution in [0.25, 0.3) is 0 Å². The molecule has 0 unspecified atom stereocenters. The predicted molar refractivity (Wildman–Crippen MR) is 75.5 cm³/mol. The van der Waals surface area contributed by atoms with E-state index in [1.165, 1.54) is 43.6 Å². The van der Waals surface area contributed by atoms with E-state index in [1.54, 1.807) is 0 Å². The van der Waals surface area contributed by atoms with E-state index in [0.717, 1.165) is 19.0 Å². The molecule has 0 atom stereocenters. The van der Waals surface area contributed by atoms with Crippen LogP contribution in [0.2, 0.25) is 0 Å². The van der Waals surface area contributed by atoms with E-state index in [1.807, 2.05) is 13.2 Å². The summed E-state index contributed by atoms with van der Waals surface area (Å²) in [7, 11) is 2.04. The molecule has 0 bridgehead atoms. The molecule has 1 aromatic rings. The van der Waals surface area contributed by atoms with Crippen molar-refractivity contribution in [2.75, 3.05) is 26.7 Å². The van der Waals surface area contributed by atoms with Gasteiger partial charge in [0.2, 0.25) is 0 Å². The normalized spacial score (nSPS) is 18.1. The molecule has 0 radical (unpaired) electrons. The Labute approximate surface area is 111 Å². The number of aromatic nitrogens is 1. The lowest BCUT2D eigenvalue weighted by Crippen LogP contribution is -2.34. The molecule has 1 fully saturated rings. The summed E-state index contributed by atoms with van der Waals surface area (Å²) in [5, 5.41) is 3.25. The van der Waals surface area contributed by atoms with Crippen molar-refractivity contribution in [3.05, 3.63) is 29.6 Å². The Morgan fingerprint density at radius 3 is 2.72 bits per heavy atom. The van der Waals surface area contributed by atoms with Gasteiger partial charge < -0.3 is 5.32 Å². The molecule has 0 amide bonds. The second-order valence-corrected chi connectivity index (χ2v) is 5.44. The topological polar surface area (TPSA) is 28.2 Å². The van der Waals surface area contributed by atoms with Crippen LogP contribution < -0.4 is 5.32 Å².